The van der Waals surface area contributed by atoms with E-state index in [1.807, 2.05) is 13.8 Å². The number of thioether (sulfide) groups is 1. The quantitative estimate of drug-likeness (QED) is 0.191. The third-order valence-corrected chi connectivity index (χ3v) is 6.22. The summed E-state index contributed by atoms with van der Waals surface area (Å²) in [5.74, 6) is 1.99. The minimum absolute atomic E-state index is 0.209. The predicted molar refractivity (Wildman–Crippen MR) is 123 cm³/mol. The number of carbonyl (C=O) groups excluding carboxylic acids is 1. The highest BCUT2D eigenvalue weighted by Crippen LogP contribution is 2.30. The summed E-state index contributed by atoms with van der Waals surface area (Å²) >= 11 is 5.61. The highest BCUT2D eigenvalue weighted by Gasteiger charge is 2.40. The van der Waals surface area contributed by atoms with Crippen LogP contribution in [0.4, 0.5) is 0 Å². The van der Waals surface area contributed by atoms with Crippen molar-refractivity contribution in [1.82, 2.24) is 5.32 Å². The number of hydrogen-bond acceptors (Lipinski definition) is 9. The van der Waals surface area contributed by atoms with E-state index in [-0.39, 0.29) is 5.91 Å². The van der Waals surface area contributed by atoms with Gasteiger partial charge in [0.05, 0.1) is 13.2 Å². The van der Waals surface area contributed by atoms with Crippen molar-refractivity contribution in [2.75, 3.05) is 25.2 Å². The molecule has 30 heavy (non-hydrogen) atoms. The van der Waals surface area contributed by atoms with E-state index in [0.29, 0.717) is 41.1 Å². The molecule has 2 heterocycles. The number of methoxy groups -OCH3 is 1. The molecule has 0 fully saturated rings. The number of amides is 1. The van der Waals surface area contributed by atoms with E-state index in [2.05, 4.69) is 28.1 Å². The van der Waals surface area contributed by atoms with E-state index in [1.54, 1.807) is 13.0 Å². The van der Waals surface area contributed by atoms with Crippen LogP contribution in [-0.4, -0.2) is 64.9 Å². The second kappa shape index (κ2) is 11.7. The lowest BCUT2D eigenvalue weighted by Gasteiger charge is -2.29. The first-order valence-electron chi connectivity index (χ1n) is 9.96. The molecule has 168 valence electrons. The molecule has 0 aliphatic carbocycles. The van der Waals surface area contributed by atoms with Gasteiger partial charge in [-0.3, -0.25) is 9.79 Å². The van der Waals surface area contributed by atoms with Gasteiger partial charge >= 0.3 is 0 Å². The van der Waals surface area contributed by atoms with Crippen LogP contribution in [0.2, 0.25) is 0 Å². The van der Waals surface area contributed by atoms with E-state index in [1.165, 1.54) is 24.9 Å². The number of thiol groups is 1. The molecular formula is C20H31N3O5S2. The molecule has 0 aromatic heterocycles. The van der Waals surface area contributed by atoms with Gasteiger partial charge in [-0.1, -0.05) is 18.5 Å². The Morgan fingerprint density at radius 3 is 3.03 bits per heavy atom. The van der Waals surface area contributed by atoms with Crippen LogP contribution < -0.4 is 5.32 Å². The minimum atomic E-state index is -1.11. The van der Waals surface area contributed by atoms with Crippen LogP contribution in [0.3, 0.4) is 0 Å². The summed E-state index contributed by atoms with van der Waals surface area (Å²) in [6, 6.07) is -0.392. The van der Waals surface area contributed by atoms with Gasteiger partial charge in [-0.05, 0) is 32.4 Å². The molecule has 3 atom stereocenters. The van der Waals surface area contributed by atoms with Crippen molar-refractivity contribution in [3.8, 4) is 0 Å². The zero-order chi connectivity index (χ0) is 22.1. The maximum Gasteiger partial charge on any atom is 0.249 e. The summed E-state index contributed by atoms with van der Waals surface area (Å²) in [5.41, 5.74) is -0.279. The number of aliphatic imine (C=N–C) groups is 1. The third kappa shape index (κ3) is 6.68. The van der Waals surface area contributed by atoms with Crippen LogP contribution in [-0.2, 0) is 19.1 Å². The molecule has 2 rings (SSSR count). The average molecular weight is 458 g/mol. The number of nitrogens with zero attached hydrogens (tertiary/aromatic N) is 2. The zero-order valence-corrected chi connectivity index (χ0v) is 19.6. The van der Waals surface area contributed by atoms with Crippen molar-refractivity contribution in [1.29, 1.82) is 0 Å². The highest BCUT2D eigenvalue weighted by atomic mass is 32.2. The van der Waals surface area contributed by atoms with Crippen molar-refractivity contribution in [2.24, 2.45) is 10.1 Å². The summed E-state index contributed by atoms with van der Waals surface area (Å²) in [6.07, 6.45) is 4.32. The average Bonchev–Trinajstić information content (AvgIpc) is 3.14. The molecule has 0 spiro atoms. The summed E-state index contributed by atoms with van der Waals surface area (Å²) in [5, 5.41) is 17.7. The Morgan fingerprint density at radius 2 is 2.37 bits per heavy atom. The van der Waals surface area contributed by atoms with Gasteiger partial charge in [0, 0.05) is 17.9 Å². The molecule has 2 aliphatic heterocycles. The number of hydrogen-bond donors (Lipinski definition) is 3. The van der Waals surface area contributed by atoms with Gasteiger partial charge in [0.2, 0.25) is 12.2 Å². The largest absolute Gasteiger partial charge is 0.497 e. The van der Waals surface area contributed by atoms with Gasteiger partial charge in [0.15, 0.2) is 0 Å². The maximum absolute atomic E-state index is 13.1. The van der Waals surface area contributed by atoms with E-state index < -0.39 is 17.9 Å². The lowest BCUT2D eigenvalue weighted by Crippen LogP contribution is -2.49. The summed E-state index contributed by atoms with van der Waals surface area (Å²) in [7, 11) is 1.52. The number of aliphatic hydroxyl groups is 1. The molecular weight excluding hydrogens is 426 g/mol. The van der Waals surface area contributed by atoms with Gasteiger partial charge in [-0.25, -0.2) is 0 Å². The van der Waals surface area contributed by atoms with Crippen molar-refractivity contribution in [2.45, 2.75) is 57.9 Å². The Hall–Kier alpha value is -1.65. The number of carbonyl (C=O) groups is 1. The molecule has 0 saturated heterocycles. The van der Waals surface area contributed by atoms with Gasteiger partial charge in [0.1, 0.15) is 34.4 Å². The topological polar surface area (TPSA) is 102 Å². The number of aliphatic hydroxyl groups excluding tert-OH is 1. The third-order valence-electron chi connectivity index (χ3n) is 4.54. The molecule has 0 aromatic carbocycles. The minimum Gasteiger partial charge on any atom is -0.497 e. The van der Waals surface area contributed by atoms with Crippen LogP contribution in [0.15, 0.2) is 33.8 Å². The van der Waals surface area contributed by atoms with Crippen LogP contribution in [0.25, 0.3) is 0 Å². The highest BCUT2D eigenvalue weighted by molar-refractivity contribution is 8.16. The van der Waals surface area contributed by atoms with Gasteiger partial charge in [-0.15, -0.1) is 11.8 Å². The molecule has 0 radical (unpaired) electrons. The summed E-state index contributed by atoms with van der Waals surface area (Å²) in [6.45, 7) is 6.12. The Labute approximate surface area is 187 Å². The smallest absolute Gasteiger partial charge is 0.249 e. The fourth-order valence-electron chi connectivity index (χ4n) is 2.84. The van der Waals surface area contributed by atoms with Gasteiger partial charge < -0.3 is 24.7 Å². The van der Waals surface area contributed by atoms with E-state index in [9.17, 15) is 9.90 Å². The summed E-state index contributed by atoms with van der Waals surface area (Å²) in [4.78, 5) is 23.0. The predicted octanol–water partition coefficient (Wildman–Crippen LogP) is 2.65. The van der Waals surface area contributed by atoms with Crippen LogP contribution >= 0.6 is 24.4 Å². The lowest BCUT2D eigenvalue weighted by molar-refractivity contribution is -0.126. The van der Waals surface area contributed by atoms with Crippen LogP contribution in [0, 0.1) is 0 Å². The monoisotopic (exact) mass is 457 g/mol. The Balaban J connectivity index is 2.09. The second-order valence-electron chi connectivity index (χ2n) is 7.21. The molecule has 2 aliphatic rings. The molecule has 8 nitrogen and oxygen atoms in total. The Morgan fingerprint density at radius 1 is 1.60 bits per heavy atom. The Kier molecular flexibility index (Phi) is 9.57. The first-order valence-corrected chi connectivity index (χ1v) is 11.6. The standard InChI is InChI=1S/C20H31N3O5S2/c1-5-7-15(16-10-14(26-4)11-17(24)28-16)21-19(25)20(3)12-30-18(22-20)13(2)23-27-8-6-9-29/h10-11,15,17,24,29H,5-9,12H2,1-4H3,(H,21,25)/b23-13+/t15-,17?,20?/m1/s1. The van der Waals surface area contributed by atoms with Gasteiger partial charge in [0.25, 0.3) is 0 Å². The van der Waals surface area contributed by atoms with Crippen molar-refractivity contribution in [3.63, 3.8) is 0 Å². The first-order chi connectivity index (χ1) is 14.3. The molecule has 10 heteroatoms. The van der Waals surface area contributed by atoms with E-state index >= 15 is 0 Å². The number of nitrogens with one attached hydrogen (secondary N) is 1. The first kappa shape index (κ1) is 24.6. The fraction of sp³-hybridized carbons (Fsp3) is 0.650. The molecule has 2 unspecified atom stereocenters. The maximum atomic E-state index is 13.1. The second-order valence-corrected chi connectivity index (χ2v) is 8.62. The van der Waals surface area contributed by atoms with Crippen LogP contribution in [0.5, 0.6) is 0 Å². The van der Waals surface area contributed by atoms with Crippen molar-refractivity contribution >= 4 is 41.1 Å². The zero-order valence-electron chi connectivity index (χ0n) is 17.9. The van der Waals surface area contributed by atoms with Crippen molar-refractivity contribution < 1.29 is 24.2 Å². The summed E-state index contributed by atoms with van der Waals surface area (Å²) < 4.78 is 10.7. The number of rotatable bonds is 11. The van der Waals surface area contributed by atoms with Crippen LogP contribution in [0.1, 0.15) is 40.0 Å². The van der Waals surface area contributed by atoms with E-state index in [0.717, 1.165) is 18.6 Å². The normalized spacial score (nSPS) is 24.9. The SMILES string of the molecule is CCC[C@@H](NC(=O)C1(C)CSC(/C(C)=N/OCCCS)=N1)C1=CC(OC)=CC(O)O1. The Bertz CT molecular complexity index is 738. The molecule has 2 N–H and O–H groups in total. The molecule has 0 saturated carbocycles. The van der Waals surface area contributed by atoms with E-state index in [4.69, 9.17) is 14.3 Å². The number of ether oxygens (including phenoxy) is 2. The fourth-order valence-corrected chi connectivity index (χ4v) is 4.10. The van der Waals surface area contributed by atoms with Crippen molar-refractivity contribution in [3.05, 3.63) is 23.7 Å². The molecule has 0 aromatic rings. The number of oxime groups is 1. The molecule has 1 amide bonds. The molecule has 0 bridgehead atoms. The lowest BCUT2D eigenvalue weighted by atomic mass is 10.0. The number of allylic oxidation sites excluding steroid dienone is 1. The van der Waals surface area contributed by atoms with Gasteiger partial charge in [-0.2, -0.15) is 12.6 Å².